The summed E-state index contributed by atoms with van der Waals surface area (Å²) in [6.07, 6.45) is 0. The molecule has 3 nitrogen and oxygen atoms in total. The van der Waals surface area contributed by atoms with Crippen molar-refractivity contribution >= 4 is 11.6 Å². The minimum atomic E-state index is 0.412. The maximum atomic E-state index is 5.86. The van der Waals surface area contributed by atoms with Gasteiger partial charge in [-0.3, -0.25) is 4.90 Å². The van der Waals surface area contributed by atoms with Crippen molar-refractivity contribution in [2.24, 2.45) is 0 Å². The highest BCUT2D eigenvalue weighted by atomic mass is 35.5. The Bertz CT molecular complexity index is 144. The van der Waals surface area contributed by atoms with Crippen molar-refractivity contribution < 1.29 is 4.74 Å². The van der Waals surface area contributed by atoms with E-state index in [2.05, 4.69) is 23.9 Å². The molecule has 4 heteroatoms. The first-order chi connectivity index (χ1) is 6.24. The van der Waals surface area contributed by atoms with Crippen LogP contribution in [0.25, 0.3) is 0 Å². The van der Waals surface area contributed by atoms with Crippen LogP contribution in [0.4, 0.5) is 0 Å². The zero-order valence-corrected chi connectivity index (χ0v) is 9.26. The fourth-order valence-corrected chi connectivity index (χ4v) is 1.74. The fourth-order valence-electron chi connectivity index (χ4n) is 1.45. The Kier molecular flexibility index (Phi) is 5.02. The van der Waals surface area contributed by atoms with Crippen LogP contribution in [-0.4, -0.2) is 68.7 Å². The molecule has 1 aliphatic heterocycles. The summed E-state index contributed by atoms with van der Waals surface area (Å²) in [4.78, 5) is 4.61. The van der Waals surface area contributed by atoms with E-state index >= 15 is 0 Å². The van der Waals surface area contributed by atoms with Gasteiger partial charge in [0.05, 0.1) is 13.2 Å². The van der Waals surface area contributed by atoms with Crippen LogP contribution in [0.15, 0.2) is 0 Å². The van der Waals surface area contributed by atoms with Crippen molar-refractivity contribution in [3.05, 3.63) is 0 Å². The average molecular weight is 207 g/mol. The molecule has 13 heavy (non-hydrogen) atoms. The van der Waals surface area contributed by atoms with Gasteiger partial charge < -0.3 is 9.64 Å². The molecule has 0 saturated carbocycles. The first-order valence-electron chi connectivity index (χ1n) is 4.76. The SMILES string of the molecule is CN(C)CCN1CCOCC1CCl. The number of ether oxygens (including phenoxy) is 1. The summed E-state index contributed by atoms with van der Waals surface area (Å²) in [5, 5.41) is 0. The number of alkyl halides is 1. The zero-order valence-electron chi connectivity index (χ0n) is 8.50. The van der Waals surface area contributed by atoms with Gasteiger partial charge in [0, 0.05) is 31.6 Å². The van der Waals surface area contributed by atoms with Gasteiger partial charge >= 0.3 is 0 Å². The van der Waals surface area contributed by atoms with Crippen LogP contribution >= 0.6 is 11.6 Å². The lowest BCUT2D eigenvalue weighted by atomic mass is 10.2. The summed E-state index contributed by atoms with van der Waals surface area (Å²) >= 11 is 5.86. The molecule has 0 radical (unpaired) electrons. The van der Waals surface area contributed by atoms with Crippen molar-refractivity contribution in [1.29, 1.82) is 0 Å². The molecule has 1 aliphatic rings. The maximum Gasteiger partial charge on any atom is 0.0634 e. The zero-order chi connectivity index (χ0) is 9.68. The second-order valence-electron chi connectivity index (χ2n) is 3.72. The number of hydrogen-bond acceptors (Lipinski definition) is 3. The van der Waals surface area contributed by atoms with Crippen molar-refractivity contribution in [3.63, 3.8) is 0 Å². The summed E-state index contributed by atoms with van der Waals surface area (Å²) in [7, 11) is 4.19. The van der Waals surface area contributed by atoms with Crippen LogP contribution in [0.5, 0.6) is 0 Å². The summed E-state index contributed by atoms with van der Waals surface area (Å²) in [6, 6.07) is 0.412. The van der Waals surface area contributed by atoms with Crippen molar-refractivity contribution in [1.82, 2.24) is 9.80 Å². The number of rotatable bonds is 4. The third kappa shape index (κ3) is 3.81. The predicted molar refractivity (Wildman–Crippen MR) is 55.5 cm³/mol. The number of nitrogens with zero attached hydrogens (tertiary/aromatic N) is 2. The lowest BCUT2D eigenvalue weighted by Crippen LogP contribution is -2.48. The Labute approximate surface area is 85.6 Å². The molecule has 0 N–H and O–H groups in total. The molecule has 1 rings (SSSR count). The van der Waals surface area contributed by atoms with Crippen molar-refractivity contribution in [2.75, 3.05) is 52.8 Å². The van der Waals surface area contributed by atoms with Crippen LogP contribution in [0, 0.1) is 0 Å². The molecule has 1 saturated heterocycles. The molecule has 0 aromatic carbocycles. The molecule has 0 amide bonds. The van der Waals surface area contributed by atoms with Gasteiger partial charge in [0.1, 0.15) is 0 Å². The number of morpholine rings is 1. The molecule has 78 valence electrons. The quantitative estimate of drug-likeness (QED) is 0.623. The molecule has 1 unspecified atom stereocenters. The second kappa shape index (κ2) is 5.81. The minimum Gasteiger partial charge on any atom is -0.378 e. The van der Waals surface area contributed by atoms with E-state index in [9.17, 15) is 0 Å². The van der Waals surface area contributed by atoms with Gasteiger partial charge in [-0.2, -0.15) is 0 Å². The van der Waals surface area contributed by atoms with Crippen LogP contribution in [-0.2, 0) is 4.74 Å². The molecule has 0 aromatic heterocycles. The van der Waals surface area contributed by atoms with Gasteiger partial charge in [0.2, 0.25) is 0 Å². The highest BCUT2D eigenvalue weighted by molar-refractivity contribution is 6.18. The molecule has 1 atom stereocenters. The first kappa shape index (κ1) is 11.2. The van der Waals surface area contributed by atoms with Gasteiger partial charge in [-0.25, -0.2) is 0 Å². The van der Waals surface area contributed by atoms with E-state index in [-0.39, 0.29) is 0 Å². The van der Waals surface area contributed by atoms with Crippen LogP contribution in [0.2, 0.25) is 0 Å². The Morgan fingerprint density at radius 1 is 1.54 bits per heavy atom. The molecule has 0 bridgehead atoms. The Morgan fingerprint density at radius 3 is 2.92 bits per heavy atom. The summed E-state index contributed by atoms with van der Waals surface area (Å²) in [5.74, 6) is 0.674. The molecule has 0 spiro atoms. The average Bonchev–Trinajstić information content (AvgIpc) is 2.15. The Morgan fingerprint density at radius 2 is 2.31 bits per heavy atom. The predicted octanol–water partition coefficient (Wildman–Crippen LogP) is 0.488. The van der Waals surface area contributed by atoms with Crippen LogP contribution in [0.1, 0.15) is 0 Å². The first-order valence-corrected chi connectivity index (χ1v) is 5.30. The van der Waals surface area contributed by atoms with E-state index in [1.54, 1.807) is 0 Å². The maximum absolute atomic E-state index is 5.86. The standard InChI is InChI=1S/C9H19ClN2O/c1-11(2)3-4-12-5-6-13-8-9(12)7-10/h9H,3-8H2,1-2H3. The lowest BCUT2D eigenvalue weighted by molar-refractivity contribution is -0.00106. The smallest absolute Gasteiger partial charge is 0.0634 e. The number of hydrogen-bond donors (Lipinski definition) is 0. The number of likely N-dealkylation sites (N-methyl/N-ethyl adjacent to an activating group) is 1. The highest BCUT2D eigenvalue weighted by Gasteiger charge is 2.21. The molecule has 1 fully saturated rings. The molecular weight excluding hydrogens is 188 g/mol. The summed E-state index contributed by atoms with van der Waals surface area (Å²) in [5.41, 5.74) is 0. The van der Waals surface area contributed by atoms with E-state index in [1.807, 2.05) is 0 Å². The van der Waals surface area contributed by atoms with Crippen LogP contribution in [0.3, 0.4) is 0 Å². The lowest BCUT2D eigenvalue weighted by Gasteiger charge is -2.34. The third-order valence-corrected chi connectivity index (χ3v) is 2.72. The van der Waals surface area contributed by atoms with E-state index < -0.39 is 0 Å². The van der Waals surface area contributed by atoms with E-state index in [0.29, 0.717) is 11.9 Å². The molecular formula is C9H19ClN2O. The number of halogens is 1. The largest absolute Gasteiger partial charge is 0.378 e. The van der Waals surface area contributed by atoms with E-state index in [4.69, 9.17) is 16.3 Å². The Hall–Kier alpha value is 0.170. The normalized spacial score (nSPS) is 25.4. The fraction of sp³-hybridized carbons (Fsp3) is 1.00. The highest BCUT2D eigenvalue weighted by Crippen LogP contribution is 2.07. The monoisotopic (exact) mass is 206 g/mol. The van der Waals surface area contributed by atoms with Gasteiger partial charge in [-0.15, -0.1) is 11.6 Å². The van der Waals surface area contributed by atoms with Gasteiger partial charge in [0.15, 0.2) is 0 Å². The van der Waals surface area contributed by atoms with Crippen molar-refractivity contribution in [3.8, 4) is 0 Å². The summed E-state index contributed by atoms with van der Waals surface area (Å²) in [6.45, 7) is 4.84. The van der Waals surface area contributed by atoms with Gasteiger partial charge in [-0.05, 0) is 14.1 Å². The topological polar surface area (TPSA) is 15.7 Å². The second-order valence-corrected chi connectivity index (χ2v) is 4.03. The van der Waals surface area contributed by atoms with E-state index in [1.165, 1.54) is 0 Å². The van der Waals surface area contributed by atoms with Crippen LogP contribution < -0.4 is 0 Å². The summed E-state index contributed by atoms with van der Waals surface area (Å²) < 4.78 is 5.37. The van der Waals surface area contributed by atoms with Gasteiger partial charge in [-0.1, -0.05) is 0 Å². The van der Waals surface area contributed by atoms with E-state index in [0.717, 1.165) is 32.8 Å². The molecule has 0 aliphatic carbocycles. The third-order valence-electron chi connectivity index (χ3n) is 2.36. The molecule has 1 heterocycles. The van der Waals surface area contributed by atoms with Crippen molar-refractivity contribution in [2.45, 2.75) is 6.04 Å². The van der Waals surface area contributed by atoms with Gasteiger partial charge in [0.25, 0.3) is 0 Å². The molecule has 0 aromatic rings. The Balaban J connectivity index is 2.27. The minimum absolute atomic E-state index is 0.412.